The molecule has 0 aliphatic heterocycles. The zero-order valence-corrected chi connectivity index (χ0v) is 11.8. The Kier molecular flexibility index (Phi) is 4.07. The number of phenols is 1. The van der Waals surface area contributed by atoms with Crippen molar-refractivity contribution < 1.29 is 14.3 Å². The van der Waals surface area contributed by atoms with E-state index in [-0.39, 0.29) is 16.3 Å². The molecule has 1 amide bonds. The Bertz CT molecular complexity index is 628. The van der Waals surface area contributed by atoms with E-state index in [0.29, 0.717) is 10.2 Å². The fourth-order valence-electron chi connectivity index (χ4n) is 1.49. The monoisotopic (exact) mass is 343 g/mol. The largest absolute Gasteiger partial charge is 0.506 e. The first-order valence-corrected chi connectivity index (χ1v) is 6.40. The van der Waals surface area contributed by atoms with Gasteiger partial charge in [-0.3, -0.25) is 4.79 Å². The van der Waals surface area contributed by atoms with Crippen LogP contribution in [0.5, 0.6) is 5.75 Å². The Morgan fingerprint density at radius 2 is 2.05 bits per heavy atom. The minimum atomic E-state index is -0.628. The Labute approximate surface area is 122 Å². The topological polar surface area (TPSA) is 49.3 Å². The zero-order valence-electron chi connectivity index (χ0n) is 9.45. The highest BCUT2D eigenvalue weighted by Gasteiger charge is 2.15. The maximum absolute atomic E-state index is 13.6. The quantitative estimate of drug-likeness (QED) is 0.802. The number of hydrogen-bond acceptors (Lipinski definition) is 2. The number of benzene rings is 2. The van der Waals surface area contributed by atoms with Gasteiger partial charge in [-0.2, -0.15) is 0 Å². The van der Waals surface area contributed by atoms with Crippen molar-refractivity contribution in [1.82, 2.24) is 0 Å². The Balaban J connectivity index is 2.28. The van der Waals surface area contributed by atoms with Crippen LogP contribution in [0.25, 0.3) is 0 Å². The zero-order chi connectivity index (χ0) is 14.0. The van der Waals surface area contributed by atoms with Crippen LogP contribution in [0.4, 0.5) is 10.1 Å². The van der Waals surface area contributed by atoms with E-state index in [1.165, 1.54) is 30.3 Å². The number of anilines is 1. The molecule has 0 saturated carbocycles. The number of aromatic hydroxyl groups is 1. The second-order valence-electron chi connectivity index (χ2n) is 3.72. The van der Waals surface area contributed by atoms with Gasteiger partial charge in [0.25, 0.3) is 5.91 Å². The van der Waals surface area contributed by atoms with Crippen LogP contribution in [0, 0.1) is 5.82 Å². The molecule has 6 heteroatoms. The van der Waals surface area contributed by atoms with Crippen LogP contribution in [-0.2, 0) is 0 Å². The van der Waals surface area contributed by atoms with Gasteiger partial charge in [0.2, 0.25) is 0 Å². The molecule has 0 heterocycles. The summed E-state index contributed by atoms with van der Waals surface area (Å²) >= 11 is 8.84. The van der Waals surface area contributed by atoms with Crippen molar-refractivity contribution in [3.63, 3.8) is 0 Å². The normalized spacial score (nSPS) is 10.3. The average Bonchev–Trinajstić information content (AvgIpc) is 2.33. The molecule has 0 radical (unpaired) electrons. The van der Waals surface area contributed by atoms with Gasteiger partial charge in [0, 0.05) is 10.2 Å². The first-order chi connectivity index (χ1) is 8.99. The van der Waals surface area contributed by atoms with Crippen LogP contribution in [0.3, 0.4) is 0 Å². The second-order valence-corrected chi connectivity index (χ2v) is 4.98. The van der Waals surface area contributed by atoms with Gasteiger partial charge in [0.15, 0.2) is 0 Å². The third kappa shape index (κ3) is 3.05. The molecule has 0 atom stereocenters. The minimum absolute atomic E-state index is 0.0910. The van der Waals surface area contributed by atoms with Crippen molar-refractivity contribution in [3.05, 3.63) is 57.3 Å². The SMILES string of the molecule is O=C(Nc1ccc(O)c(Cl)c1)c1c(F)cccc1Br. The van der Waals surface area contributed by atoms with E-state index in [1.54, 1.807) is 6.07 Å². The van der Waals surface area contributed by atoms with Crippen molar-refractivity contribution in [3.8, 4) is 5.75 Å². The summed E-state index contributed by atoms with van der Waals surface area (Å²) in [4.78, 5) is 12.0. The van der Waals surface area contributed by atoms with Gasteiger partial charge in [-0.1, -0.05) is 17.7 Å². The van der Waals surface area contributed by atoms with Crippen molar-refractivity contribution in [2.45, 2.75) is 0 Å². The van der Waals surface area contributed by atoms with Gasteiger partial charge in [-0.05, 0) is 46.3 Å². The number of halogens is 3. The summed E-state index contributed by atoms with van der Waals surface area (Å²) < 4.78 is 13.9. The van der Waals surface area contributed by atoms with Crippen LogP contribution >= 0.6 is 27.5 Å². The minimum Gasteiger partial charge on any atom is -0.506 e. The third-order valence-corrected chi connectivity index (χ3v) is 3.36. The van der Waals surface area contributed by atoms with Crippen LogP contribution in [0.15, 0.2) is 40.9 Å². The number of amides is 1. The number of phenolic OH excluding ortho intramolecular Hbond substituents is 1. The molecule has 2 rings (SSSR count). The smallest absolute Gasteiger partial charge is 0.259 e. The van der Waals surface area contributed by atoms with E-state index < -0.39 is 11.7 Å². The van der Waals surface area contributed by atoms with Crippen LogP contribution in [0.2, 0.25) is 5.02 Å². The highest BCUT2D eigenvalue weighted by molar-refractivity contribution is 9.10. The maximum Gasteiger partial charge on any atom is 0.259 e. The summed E-state index contributed by atoms with van der Waals surface area (Å²) in [6, 6.07) is 8.45. The number of carbonyl (C=O) groups excluding carboxylic acids is 1. The molecule has 2 N–H and O–H groups in total. The van der Waals surface area contributed by atoms with Gasteiger partial charge in [0.05, 0.1) is 10.6 Å². The summed E-state index contributed by atoms with van der Waals surface area (Å²) in [5, 5.41) is 11.9. The Morgan fingerprint density at radius 1 is 1.32 bits per heavy atom. The third-order valence-electron chi connectivity index (χ3n) is 2.40. The molecule has 0 bridgehead atoms. The molecule has 0 spiro atoms. The molecule has 0 fully saturated rings. The summed E-state index contributed by atoms with van der Waals surface area (Å²) in [5.74, 6) is -1.32. The van der Waals surface area contributed by atoms with Gasteiger partial charge in [-0.15, -0.1) is 0 Å². The standard InChI is InChI=1S/C13H8BrClFNO2/c14-8-2-1-3-10(16)12(8)13(19)17-7-4-5-11(18)9(15)6-7/h1-6,18H,(H,17,19). The van der Waals surface area contributed by atoms with Crippen molar-refractivity contribution in [1.29, 1.82) is 0 Å². The molecule has 0 unspecified atom stereocenters. The van der Waals surface area contributed by atoms with Crippen molar-refractivity contribution in [2.24, 2.45) is 0 Å². The number of carbonyl (C=O) groups is 1. The van der Waals surface area contributed by atoms with Crippen molar-refractivity contribution >= 4 is 39.1 Å². The van der Waals surface area contributed by atoms with E-state index in [0.717, 1.165) is 0 Å². The molecule has 0 aliphatic carbocycles. The molecule has 2 aromatic carbocycles. The predicted octanol–water partition coefficient (Wildman–Crippen LogP) is 4.20. The van der Waals surface area contributed by atoms with Gasteiger partial charge < -0.3 is 10.4 Å². The van der Waals surface area contributed by atoms with Crippen LogP contribution < -0.4 is 5.32 Å². The van der Waals surface area contributed by atoms with E-state index in [4.69, 9.17) is 11.6 Å². The molecule has 3 nitrogen and oxygen atoms in total. The number of rotatable bonds is 2. The van der Waals surface area contributed by atoms with Crippen molar-refractivity contribution in [2.75, 3.05) is 5.32 Å². The van der Waals surface area contributed by atoms with E-state index in [9.17, 15) is 14.3 Å². The molecular formula is C13H8BrClFNO2. The summed E-state index contributed by atoms with van der Waals surface area (Å²) in [5.41, 5.74) is 0.273. The maximum atomic E-state index is 13.6. The van der Waals surface area contributed by atoms with Crippen LogP contribution in [0.1, 0.15) is 10.4 Å². The summed E-state index contributed by atoms with van der Waals surface area (Å²) in [6.45, 7) is 0. The fraction of sp³-hybridized carbons (Fsp3) is 0. The first kappa shape index (κ1) is 13.8. The predicted molar refractivity (Wildman–Crippen MR) is 75.2 cm³/mol. The lowest BCUT2D eigenvalue weighted by atomic mass is 10.2. The number of nitrogens with one attached hydrogen (secondary N) is 1. The molecule has 19 heavy (non-hydrogen) atoms. The first-order valence-electron chi connectivity index (χ1n) is 5.23. The van der Waals surface area contributed by atoms with Gasteiger partial charge >= 0.3 is 0 Å². The van der Waals surface area contributed by atoms with Gasteiger partial charge in [-0.25, -0.2) is 4.39 Å². The van der Waals surface area contributed by atoms with E-state index in [1.807, 2.05) is 0 Å². The lowest BCUT2D eigenvalue weighted by Gasteiger charge is -2.08. The number of hydrogen-bond donors (Lipinski definition) is 2. The Morgan fingerprint density at radius 3 is 2.68 bits per heavy atom. The highest BCUT2D eigenvalue weighted by Crippen LogP contribution is 2.27. The van der Waals surface area contributed by atoms with E-state index >= 15 is 0 Å². The lowest BCUT2D eigenvalue weighted by molar-refractivity contribution is 0.102. The highest BCUT2D eigenvalue weighted by atomic mass is 79.9. The average molecular weight is 345 g/mol. The Hall–Kier alpha value is -1.59. The fourth-order valence-corrected chi connectivity index (χ4v) is 2.20. The molecule has 0 aliphatic rings. The molecule has 98 valence electrons. The molecule has 0 saturated heterocycles. The van der Waals surface area contributed by atoms with E-state index in [2.05, 4.69) is 21.2 Å². The molecule has 2 aromatic rings. The second kappa shape index (κ2) is 5.59. The van der Waals surface area contributed by atoms with Gasteiger partial charge in [0.1, 0.15) is 11.6 Å². The molecular weight excluding hydrogens is 337 g/mol. The summed E-state index contributed by atoms with van der Waals surface area (Å²) in [7, 11) is 0. The molecule has 0 aromatic heterocycles. The van der Waals surface area contributed by atoms with Crippen LogP contribution in [-0.4, -0.2) is 11.0 Å². The summed E-state index contributed by atoms with van der Waals surface area (Å²) in [6.07, 6.45) is 0. The lowest BCUT2D eigenvalue weighted by Crippen LogP contribution is -2.14.